The number of hydrogen-bond donors (Lipinski definition) is 1. The van der Waals surface area contributed by atoms with Crippen LogP contribution in [-0.4, -0.2) is 17.4 Å². The molecule has 1 aromatic carbocycles. The quantitative estimate of drug-likeness (QED) is 0.653. The minimum absolute atomic E-state index is 0.123. The number of hydrogen-bond acceptors (Lipinski definition) is 2. The van der Waals surface area contributed by atoms with Gasteiger partial charge in [0.2, 0.25) is 5.91 Å². The fourth-order valence-corrected chi connectivity index (χ4v) is 2.06. The Kier molecular flexibility index (Phi) is 5.74. The van der Waals surface area contributed by atoms with Crippen molar-refractivity contribution in [2.75, 3.05) is 16.8 Å². The first-order chi connectivity index (χ1) is 7.65. The zero-order valence-corrected chi connectivity index (χ0v) is 10.8. The maximum atomic E-state index is 11.5. The molecule has 0 fully saturated rings. The summed E-state index contributed by atoms with van der Waals surface area (Å²) in [5.74, 6) is 0.971. The number of anilines is 1. The van der Waals surface area contributed by atoms with Gasteiger partial charge >= 0.3 is 0 Å². The smallest absolute Gasteiger partial charge is 0.234 e. The van der Waals surface area contributed by atoms with Gasteiger partial charge in [0.25, 0.3) is 0 Å². The molecular weight excluding hydrogens is 265 g/mol. The molecular formula is C11H11Cl2NOS. The first-order valence-corrected chi connectivity index (χ1v) is 6.48. The van der Waals surface area contributed by atoms with Crippen molar-refractivity contribution >= 4 is 46.6 Å². The molecule has 0 aliphatic carbocycles. The van der Waals surface area contributed by atoms with Gasteiger partial charge in [-0.15, -0.1) is 18.3 Å². The molecule has 1 rings (SSSR count). The predicted octanol–water partition coefficient (Wildman–Crippen LogP) is 3.85. The van der Waals surface area contributed by atoms with Crippen molar-refractivity contribution in [2.24, 2.45) is 0 Å². The summed E-state index contributed by atoms with van der Waals surface area (Å²) < 4.78 is 0. The summed E-state index contributed by atoms with van der Waals surface area (Å²) in [6.45, 7) is 3.57. The largest absolute Gasteiger partial charge is 0.323 e. The third-order valence-electron chi connectivity index (χ3n) is 1.70. The number of carbonyl (C=O) groups excluding carboxylic acids is 1. The molecule has 0 spiro atoms. The molecule has 1 aromatic rings. The van der Waals surface area contributed by atoms with E-state index in [1.54, 1.807) is 24.3 Å². The van der Waals surface area contributed by atoms with E-state index in [2.05, 4.69) is 11.9 Å². The summed E-state index contributed by atoms with van der Waals surface area (Å²) >= 11 is 13.3. The van der Waals surface area contributed by atoms with E-state index >= 15 is 0 Å². The first kappa shape index (κ1) is 13.4. The summed E-state index contributed by atoms with van der Waals surface area (Å²) in [4.78, 5) is 11.5. The van der Waals surface area contributed by atoms with Crippen LogP contribution in [0.15, 0.2) is 30.9 Å². The minimum Gasteiger partial charge on any atom is -0.323 e. The molecule has 1 N–H and O–H groups in total. The van der Waals surface area contributed by atoms with E-state index < -0.39 is 0 Å². The van der Waals surface area contributed by atoms with Crippen molar-refractivity contribution < 1.29 is 4.79 Å². The van der Waals surface area contributed by atoms with Crippen LogP contribution in [0.5, 0.6) is 0 Å². The van der Waals surface area contributed by atoms with Gasteiger partial charge in [-0.1, -0.05) is 35.3 Å². The number of rotatable bonds is 5. The molecule has 1 amide bonds. The van der Waals surface area contributed by atoms with E-state index in [1.165, 1.54) is 11.8 Å². The highest BCUT2D eigenvalue weighted by atomic mass is 35.5. The predicted molar refractivity (Wildman–Crippen MR) is 72.6 cm³/mol. The molecule has 0 aromatic heterocycles. The van der Waals surface area contributed by atoms with E-state index in [4.69, 9.17) is 23.2 Å². The Hall–Kier alpha value is -0.640. The van der Waals surface area contributed by atoms with Gasteiger partial charge in [0.05, 0.1) is 21.5 Å². The van der Waals surface area contributed by atoms with Crippen LogP contribution in [0.1, 0.15) is 0 Å². The maximum Gasteiger partial charge on any atom is 0.234 e. The zero-order chi connectivity index (χ0) is 12.0. The second kappa shape index (κ2) is 6.84. The van der Waals surface area contributed by atoms with E-state index in [0.29, 0.717) is 21.5 Å². The van der Waals surface area contributed by atoms with Crippen LogP contribution in [-0.2, 0) is 4.79 Å². The molecule has 0 aliphatic rings. The van der Waals surface area contributed by atoms with Crippen LogP contribution in [0.3, 0.4) is 0 Å². The monoisotopic (exact) mass is 275 g/mol. The lowest BCUT2D eigenvalue weighted by Crippen LogP contribution is -2.14. The Balaban J connectivity index is 2.59. The van der Waals surface area contributed by atoms with Crippen molar-refractivity contribution in [1.29, 1.82) is 0 Å². The van der Waals surface area contributed by atoms with Crippen LogP contribution in [0, 0.1) is 0 Å². The Morgan fingerprint density at radius 3 is 2.62 bits per heavy atom. The molecule has 0 heterocycles. The summed E-state index contributed by atoms with van der Waals surface area (Å²) in [5.41, 5.74) is 0.468. The number of thioether (sulfide) groups is 1. The van der Waals surface area contributed by atoms with Crippen LogP contribution >= 0.6 is 35.0 Å². The summed E-state index contributed by atoms with van der Waals surface area (Å²) in [6, 6.07) is 5.09. The SMILES string of the molecule is C=CCSCC(=O)Nc1c(Cl)cccc1Cl. The van der Waals surface area contributed by atoms with Gasteiger partial charge in [0.1, 0.15) is 0 Å². The number of nitrogens with one attached hydrogen (secondary N) is 1. The van der Waals surface area contributed by atoms with Crippen LogP contribution in [0.4, 0.5) is 5.69 Å². The van der Waals surface area contributed by atoms with Crippen LogP contribution in [0.2, 0.25) is 10.0 Å². The van der Waals surface area contributed by atoms with Gasteiger partial charge < -0.3 is 5.32 Å². The lowest BCUT2D eigenvalue weighted by molar-refractivity contribution is -0.113. The van der Waals surface area contributed by atoms with Gasteiger partial charge in [0.15, 0.2) is 0 Å². The molecule has 86 valence electrons. The van der Waals surface area contributed by atoms with Crippen molar-refractivity contribution in [1.82, 2.24) is 0 Å². The van der Waals surface area contributed by atoms with Gasteiger partial charge in [0, 0.05) is 5.75 Å². The lowest BCUT2D eigenvalue weighted by Gasteiger charge is -2.08. The highest BCUT2D eigenvalue weighted by Gasteiger charge is 2.08. The average Bonchev–Trinajstić information content (AvgIpc) is 2.24. The Morgan fingerprint density at radius 2 is 2.06 bits per heavy atom. The van der Waals surface area contributed by atoms with Gasteiger partial charge in [-0.25, -0.2) is 0 Å². The van der Waals surface area contributed by atoms with Gasteiger partial charge in [-0.05, 0) is 12.1 Å². The number of halogens is 2. The molecule has 5 heteroatoms. The molecule has 0 radical (unpaired) electrons. The molecule has 0 saturated carbocycles. The Morgan fingerprint density at radius 1 is 1.44 bits per heavy atom. The third kappa shape index (κ3) is 4.08. The lowest BCUT2D eigenvalue weighted by atomic mass is 10.3. The van der Waals surface area contributed by atoms with E-state index in [0.717, 1.165) is 5.75 Å². The fraction of sp³-hybridized carbons (Fsp3) is 0.182. The molecule has 0 atom stereocenters. The van der Waals surface area contributed by atoms with Crippen molar-refractivity contribution in [3.63, 3.8) is 0 Å². The highest BCUT2D eigenvalue weighted by Crippen LogP contribution is 2.29. The minimum atomic E-state index is -0.123. The van der Waals surface area contributed by atoms with E-state index in [-0.39, 0.29) is 5.91 Å². The third-order valence-corrected chi connectivity index (χ3v) is 3.26. The molecule has 0 aliphatic heterocycles. The van der Waals surface area contributed by atoms with Crippen molar-refractivity contribution in [3.8, 4) is 0 Å². The molecule has 2 nitrogen and oxygen atoms in total. The highest BCUT2D eigenvalue weighted by molar-refractivity contribution is 8.00. The summed E-state index contributed by atoms with van der Waals surface area (Å²) in [5, 5.41) is 3.56. The van der Waals surface area contributed by atoms with E-state index in [9.17, 15) is 4.79 Å². The first-order valence-electron chi connectivity index (χ1n) is 4.57. The Bertz CT molecular complexity index is 375. The average molecular weight is 276 g/mol. The number of para-hydroxylation sites is 1. The standard InChI is InChI=1S/C11H11Cl2NOS/c1-2-6-16-7-10(15)14-11-8(12)4-3-5-9(11)13/h2-5H,1,6-7H2,(H,14,15). The van der Waals surface area contributed by atoms with Crippen LogP contribution in [0.25, 0.3) is 0 Å². The number of benzene rings is 1. The van der Waals surface area contributed by atoms with Gasteiger partial charge in [-0.2, -0.15) is 0 Å². The fourth-order valence-electron chi connectivity index (χ4n) is 1.03. The number of carbonyl (C=O) groups is 1. The van der Waals surface area contributed by atoms with Gasteiger partial charge in [-0.3, -0.25) is 4.79 Å². The van der Waals surface area contributed by atoms with Crippen molar-refractivity contribution in [2.45, 2.75) is 0 Å². The molecule has 0 bridgehead atoms. The van der Waals surface area contributed by atoms with Crippen molar-refractivity contribution in [3.05, 3.63) is 40.9 Å². The Labute approximate surface area is 109 Å². The molecule has 16 heavy (non-hydrogen) atoms. The zero-order valence-electron chi connectivity index (χ0n) is 8.50. The summed E-state index contributed by atoms with van der Waals surface area (Å²) in [6.07, 6.45) is 1.75. The number of amides is 1. The molecule has 0 unspecified atom stereocenters. The second-order valence-corrected chi connectivity index (χ2v) is 4.79. The maximum absolute atomic E-state index is 11.5. The summed E-state index contributed by atoms with van der Waals surface area (Å²) in [7, 11) is 0. The molecule has 0 saturated heterocycles. The van der Waals surface area contributed by atoms with E-state index in [1.807, 2.05) is 0 Å². The topological polar surface area (TPSA) is 29.1 Å². The second-order valence-electron chi connectivity index (χ2n) is 2.95. The van der Waals surface area contributed by atoms with Crippen LogP contribution < -0.4 is 5.32 Å². The normalized spacial score (nSPS) is 9.88.